The molecule has 1 heterocycles. The van der Waals surface area contributed by atoms with E-state index in [-0.39, 0.29) is 5.91 Å². The smallest absolute Gasteiger partial charge is 0.265 e. The van der Waals surface area contributed by atoms with E-state index in [1.807, 2.05) is 24.3 Å². The van der Waals surface area contributed by atoms with E-state index >= 15 is 0 Å². The molecule has 3 rings (SSSR count). The van der Waals surface area contributed by atoms with Gasteiger partial charge in [-0.1, -0.05) is 59.3 Å². The molecule has 0 spiro atoms. The third-order valence-corrected chi connectivity index (χ3v) is 6.37. The molecule has 0 aromatic heterocycles. The van der Waals surface area contributed by atoms with Crippen LogP contribution in [0.1, 0.15) is 11.1 Å². The molecule has 1 aliphatic rings. The summed E-state index contributed by atoms with van der Waals surface area (Å²) in [6.07, 6.45) is 1.73. The van der Waals surface area contributed by atoms with Gasteiger partial charge in [0.25, 0.3) is 5.91 Å². The molecule has 1 amide bonds. The van der Waals surface area contributed by atoms with Crippen molar-refractivity contribution in [2.45, 2.75) is 6.61 Å². The van der Waals surface area contributed by atoms with Gasteiger partial charge < -0.3 is 4.74 Å². The first-order valence-corrected chi connectivity index (χ1v) is 10.5. The minimum atomic E-state index is -0.133. The molecule has 1 aliphatic heterocycles. The second-order valence-electron chi connectivity index (χ2n) is 5.47. The Kier molecular flexibility index (Phi) is 6.50. The van der Waals surface area contributed by atoms with E-state index in [9.17, 15) is 4.79 Å². The Morgan fingerprint density at radius 1 is 1.23 bits per heavy atom. The highest BCUT2D eigenvalue weighted by Gasteiger charge is 2.28. The lowest BCUT2D eigenvalue weighted by Gasteiger charge is -2.11. The number of benzene rings is 2. The standard InChI is InChI=1S/C18H12Cl2INO2S2/c1-22-17(23)15(26-18(22)25)8-11-6-13(19)16(14(20)7-11)24-9-10-2-4-12(21)5-3-10/h2-8H,9H2,1H3. The van der Waals surface area contributed by atoms with Gasteiger partial charge >= 0.3 is 0 Å². The maximum absolute atomic E-state index is 12.1. The van der Waals surface area contributed by atoms with E-state index in [1.165, 1.54) is 16.7 Å². The Labute approximate surface area is 184 Å². The first-order chi connectivity index (χ1) is 12.3. The number of rotatable bonds is 4. The van der Waals surface area contributed by atoms with Crippen molar-refractivity contribution in [3.05, 3.63) is 66.0 Å². The molecule has 3 nitrogen and oxygen atoms in total. The fraction of sp³-hybridized carbons (Fsp3) is 0.111. The Morgan fingerprint density at radius 2 is 1.85 bits per heavy atom. The van der Waals surface area contributed by atoms with Crippen LogP contribution in [0.5, 0.6) is 5.75 Å². The van der Waals surface area contributed by atoms with Crippen molar-refractivity contribution in [3.8, 4) is 5.75 Å². The van der Waals surface area contributed by atoms with Gasteiger partial charge in [-0.2, -0.15) is 0 Å². The predicted molar refractivity (Wildman–Crippen MR) is 121 cm³/mol. The van der Waals surface area contributed by atoms with Crippen LogP contribution in [0, 0.1) is 3.57 Å². The van der Waals surface area contributed by atoms with Gasteiger partial charge in [-0.25, -0.2) is 0 Å². The number of thiocarbonyl (C=S) groups is 1. The van der Waals surface area contributed by atoms with E-state index in [1.54, 1.807) is 25.3 Å². The van der Waals surface area contributed by atoms with E-state index < -0.39 is 0 Å². The summed E-state index contributed by atoms with van der Waals surface area (Å²) in [5.74, 6) is 0.290. The lowest BCUT2D eigenvalue weighted by molar-refractivity contribution is -0.121. The van der Waals surface area contributed by atoms with E-state index in [2.05, 4.69) is 22.6 Å². The molecule has 2 aromatic rings. The zero-order chi connectivity index (χ0) is 18.8. The number of halogens is 3. The third kappa shape index (κ3) is 4.54. The zero-order valence-electron chi connectivity index (χ0n) is 13.5. The number of thioether (sulfide) groups is 1. The van der Waals surface area contributed by atoms with Gasteiger partial charge in [0.2, 0.25) is 0 Å². The van der Waals surface area contributed by atoms with Crippen LogP contribution in [0.25, 0.3) is 6.08 Å². The number of amides is 1. The molecule has 0 saturated carbocycles. The number of ether oxygens (including phenoxy) is 1. The van der Waals surface area contributed by atoms with Gasteiger partial charge in [0.05, 0.1) is 15.0 Å². The van der Waals surface area contributed by atoms with Crippen molar-refractivity contribution in [3.63, 3.8) is 0 Å². The van der Waals surface area contributed by atoms with Crippen LogP contribution < -0.4 is 4.74 Å². The van der Waals surface area contributed by atoms with E-state index in [0.717, 1.165) is 14.7 Å². The summed E-state index contributed by atoms with van der Waals surface area (Å²) < 4.78 is 7.47. The Morgan fingerprint density at radius 3 is 2.38 bits per heavy atom. The number of carbonyl (C=O) groups excluding carboxylic acids is 1. The summed E-state index contributed by atoms with van der Waals surface area (Å²) in [6.45, 7) is 0.365. The van der Waals surface area contributed by atoms with Crippen molar-refractivity contribution in [2.75, 3.05) is 7.05 Å². The zero-order valence-corrected chi connectivity index (χ0v) is 18.8. The van der Waals surface area contributed by atoms with Gasteiger partial charge in [0, 0.05) is 10.6 Å². The molecule has 0 N–H and O–H groups in total. The van der Waals surface area contributed by atoms with E-state index in [0.29, 0.717) is 31.6 Å². The number of hydrogen-bond donors (Lipinski definition) is 0. The second kappa shape index (κ2) is 8.48. The minimum absolute atomic E-state index is 0.133. The van der Waals surface area contributed by atoms with Crippen LogP contribution in [-0.4, -0.2) is 22.2 Å². The molecule has 0 aliphatic carbocycles. The average molecular weight is 536 g/mol. The molecular weight excluding hydrogens is 524 g/mol. The van der Waals surface area contributed by atoms with Gasteiger partial charge in [-0.15, -0.1) is 0 Å². The van der Waals surface area contributed by atoms with Crippen LogP contribution in [0.2, 0.25) is 10.0 Å². The number of hydrogen-bond acceptors (Lipinski definition) is 4. The summed E-state index contributed by atoms with van der Waals surface area (Å²) in [7, 11) is 1.65. The highest BCUT2D eigenvalue weighted by Crippen LogP contribution is 2.37. The normalized spacial score (nSPS) is 15.8. The lowest BCUT2D eigenvalue weighted by Crippen LogP contribution is -2.22. The van der Waals surface area contributed by atoms with Crippen molar-refractivity contribution >= 4 is 86.1 Å². The highest BCUT2D eigenvalue weighted by atomic mass is 127. The second-order valence-corrected chi connectivity index (χ2v) is 9.21. The molecule has 26 heavy (non-hydrogen) atoms. The van der Waals surface area contributed by atoms with Crippen LogP contribution in [0.15, 0.2) is 41.3 Å². The first kappa shape index (κ1) is 19.9. The van der Waals surface area contributed by atoms with Crippen molar-refractivity contribution in [1.82, 2.24) is 4.90 Å². The average Bonchev–Trinajstić information content (AvgIpc) is 2.83. The molecular formula is C18H12Cl2INO2S2. The molecule has 2 aromatic carbocycles. The maximum Gasteiger partial charge on any atom is 0.265 e. The van der Waals surface area contributed by atoms with Crippen LogP contribution >= 0.6 is 69.8 Å². The molecule has 0 radical (unpaired) electrons. The van der Waals surface area contributed by atoms with Crippen LogP contribution in [-0.2, 0) is 11.4 Å². The number of likely N-dealkylation sites (N-methyl/N-ethyl adjacent to an activating group) is 1. The monoisotopic (exact) mass is 535 g/mol. The summed E-state index contributed by atoms with van der Waals surface area (Å²) in [6, 6.07) is 11.4. The molecule has 1 fully saturated rings. The topological polar surface area (TPSA) is 29.5 Å². The van der Waals surface area contributed by atoms with E-state index in [4.69, 9.17) is 40.2 Å². The molecule has 8 heteroatoms. The van der Waals surface area contributed by atoms with Gasteiger partial charge in [0.1, 0.15) is 10.9 Å². The SMILES string of the molecule is CN1C(=O)C(=Cc2cc(Cl)c(OCc3ccc(I)cc3)c(Cl)c2)SC1=S. The fourth-order valence-corrected chi connectivity index (χ4v) is 4.39. The van der Waals surface area contributed by atoms with Crippen LogP contribution in [0.3, 0.4) is 0 Å². The number of carbonyl (C=O) groups is 1. The first-order valence-electron chi connectivity index (χ1n) is 7.43. The molecule has 1 saturated heterocycles. The number of nitrogens with zero attached hydrogens (tertiary/aromatic N) is 1. The van der Waals surface area contributed by atoms with Crippen LogP contribution in [0.4, 0.5) is 0 Å². The van der Waals surface area contributed by atoms with Crippen molar-refractivity contribution < 1.29 is 9.53 Å². The Balaban J connectivity index is 1.79. The third-order valence-electron chi connectivity index (χ3n) is 3.60. The Hall–Kier alpha value is -0.800. The van der Waals surface area contributed by atoms with Crippen molar-refractivity contribution in [2.24, 2.45) is 0 Å². The van der Waals surface area contributed by atoms with Gasteiger partial charge in [-0.05, 0) is 64.1 Å². The summed E-state index contributed by atoms with van der Waals surface area (Å²) in [5, 5.41) is 0.780. The minimum Gasteiger partial charge on any atom is -0.486 e. The highest BCUT2D eigenvalue weighted by molar-refractivity contribution is 14.1. The quantitative estimate of drug-likeness (QED) is 0.272. The molecule has 0 unspecified atom stereocenters. The summed E-state index contributed by atoms with van der Waals surface area (Å²) >= 11 is 21.3. The van der Waals surface area contributed by atoms with Gasteiger partial charge in [0.15, 0.2) is 5.75 Å². The Bertz CT molecular complexity index is 893. The predicted octanol–water partition coefficient (Wildman–Crippen LogP) is 6.01. The summed E-state index contributed by atoms with van der Waals surface area (Å²) in [4.78, 5) is 14.1. The molecule has 0 bridgehead atoms. The van der Waals surface area contributed by atoms with Gasteiger partial charge in [-0.3, -0.25) is 9.69 Å². The molecule has 0 atom stereocenters. The lowest BCUT2D eigenvalue weighted by atomic mass is 10.2. The maximum atomic E-state index is 12.1. The summed E-state index contributed by atoms with van der Waals surface area (Å²) in [5.41, 5.74) is 1.74. The van der Waals surface area contributed by atoms with Crippen molar-refractivity contribution in [1.29, 1.82) is 0 Å². The fourth-order valence-electron chi connectivity index (χ4n) is 2.23. The largest absolute Gasteiger partial charge is 0.486 e. The molecule has 134 valence electrons.